The van der Waals surface area contributed by atoms with Crippen LogP contribution in [0.5, 0.6) is 11.5 Å². The average molecular weight is 501 g/mol. The van der Waals surface area contributed by atoms with Gasteiger partial charge in [0.2, 0.25) is 13.2 Å². The number of amides is 1. The number of fused-ring (bicyclic) bond motifs is 1. The van der Waals surface area contributed by atoms with Crippen molar-refractivity contribution in [3.63, 3.8) is 0 Å². The first-order valence-corrected chi connectivity index (χ1v) is 13.0. The molecule has 1 N–H and O–H groups in total. The van der Waals surface area contributed by atoms with Crippen molar-refractivity contribution in [3.05, 3.63) is 42.2 Å². The predicted octanol–water partition coefficient (Wildman–Crippen LogP) is 3.85. The van der Waals surface area contributed by atoms with E-state index in [-0.39, 0.29) is 18.8 Å². The number of benzene rings is 1. The molecular formula is C27H40N4O5. The van der Waals surface area contributed by atoms with Gasteiger partial charge >= 0.3 is 5.97 Å². The number of aromatic nitrogens is 2. The number of rotatable bonds is 12. The van der Waals surface area contributed by atoms with Crippen LogP contribution < -0.4 is 9.47 Å². The Kier molecular flexibility index (Phi) is 10.6. The fraction of sp³-hybridized carbons (Fsp3) is 0.593. The number of hydrogen-bond acceptors (Lipinski definition) is 6. The maximum atomic E-state index is 12.0. The van der Waals surface area contributed by atoms with Gasteiger partial charge in [-0.25, -0.2) is 0 Å². The highest BCUT2D eigenvalue weighted by Gasteiger charge is 2.45. The minimum Gasteiger partial charge on any atom is -0.481 e. The third-order valence-corrected chi connectivity index (χ3v) is 6.97. The number of carboxylic acids is 1. The van der Waals surface area contributed by atoms with E-state index in [9.17, 15) is 14.7 Å². The molecule has 3 atom stereocenters. The van der Waals surface area contributed by atoms with Crippen molar-refractivity contribution in [3.8, 4) is 11.5 Å². The van der Waals surface area contributed by atoms with Gasteiger partial charge in [-0.15, -0.1) is 0 Å². The van der Waals surface area contributed by atoms with Crippen molar-refractivity contribution < 1.29 is 24.2 Å². The molecule has 0 aliphatic carbocycles. The van der Waals surface area contributed by atoms with Crippen molar-refractivity contribution in [2.45, 2.75) is 64.5 Å². The Morgan fingerprint density at radius 1 is 1.19 bits per heavy atom. The minimum atomic E-state index is -0.752. The number of carboxylic acid groups (broad SMARTS) is 1. The molecule has 198 valence electrons. The average Bonchev–Trinajstić information content (AvgIpc) is 3.63. The normalized spacial score (nSPS) is 20.6. The quantitative estimate of drug-likeness (QED) is 0.442. The third kappa shape index (κ3) is 7.22. The van der Waals surface area contributed by atoms with Crippen molar-refractivity contribution in [2.24, 2.45) is 5.92 Å². The summed E-state index contributed by atoms with van der Waals surface area (Å²) in [6.07, 6.45) is 9.93. The second-order valence-corrected chi connectivity index (χ2v) is 9.50. The Bertz CT molecular complexity index is 944. The van der Waals surface area contributed by atoms with Crippen LogP contribution in [0.2, 0.25) is 0 Å². The van der Waals surface area contributed by atoms with E-state index in [4.69, 9.17) is 9.47 Å². The van der Waals surface area contributed by atoms with Crippen LogP contribution in [0.15, 0.2) is 36.7 Å². The SMILES string of the molecule is CCCCN(C=O)CCCC.CN1CC(c2ccc3c(c2)OCO3)C(C(=O)O)C1CCn1cccn1. The highest BCUT2D eigenvalue weighted by Crippen LogP contribution is 2.42. The monoisotopic (exact) mass is 500 g/mol. The first-order valence-electron chi connectivity index (χ1n) is 13.0. The summed E-state index contributed by atoms with van der Waals surface area (Å²) in [4.78, 5) is 26.5. The lowest BCUT2D eigenvalue weighted by Crippen LogP contribution is -2.34. The van der Waals surface area contributed by atoms with Crippen molar-refractivity contribution >= 4 is 12.4 Å². The maximum Gasteiger partial charge on any atom is 0.308 e. The van der Waals surface area contributed by atoms with Gasteiger partial charge < -0.3 is 24.4 Å². The number of carbonyl (C=O) groups is 2. The van der Waals surface area contributed by atoms with Crippen LogP contribution in [0.4, 0.5) is 0 Å². The van der Waals surface area contributed by atoms with E-state index in [0.29, 0.717) is 18.8 Å². The third-order valence-electron chi connectivity index (χ3n) is 6.97. The molecule has 1 aromatic carbocycles. The van der Waals surface area contributed by atoms with Gasteiger partial charge in [0, 0.05) is 50.5 Å². The molecule has 36 heavy (non-hydrogen) atoms. The van der Waals surface area contributed by atoms with Crippen LogP contribution >= 0.6 is 0 Å². The van der Waals surface area contributed by atoms with Gasteiger partial charge in [-0.3, -0.25) is 14.3 Å². The lowest BCUT2D eigenvalue weighted by molar-refractivity contribution is -0.143. The highest BCUT2D eigenvalue weighted by molar-refractivity contribution is 5.73. The zero-order valence-electron chi connectivity index (χ0n) is 21.7. The van der Waals surface area contributed by atoms with Crippen LogP contribution in [0.25, 0.3) is 0 Å². The first-order chi connectivity index (χ1) is 17.5. The number of carbonyl (C=O) groups excluding carboxylic acids is 1. The Labute approximate surface area is 214 Å². The molecule has 3 unspecified atom stereocenters. The van der Waals surface area contributed by atoms with Gasteiger partial charge in [0.25, 0.3) is 0 Å². The number of nitrogens with zero attached hydrogens (tertiary/aromatic N) is 4. The summed E-state index contributed by atoms with van der Waals surface area (Å²) in [6, 6.07) is 7.60. The largest absolute Gasteiger partial charge is 0.481 e. The van der Waals surface area contributed by atoms with E-state index < -0.39 is 11.9 Å². The molecule has 0 saturated carbocycles. The Morgan fingerprint density at radius 2 is 1.92 bits per heavy atom. The highest BCUT2D eigenvalue weighted by atomic mass is 16.7. The second kappa shape index (κ2) is 13.9. The van der Waals surface area contributed by atoms with Gasteiger partial charge in [-0.1, -0.05) is 32.8 Å². The van der Waals surface area contributed by atoms with Gasteiger partial charge in [-0.2, -0.15) is 5.10 Å². The lowest BCUT2D eigenvalue weighted by atomic mass is 9.84. The van der Waals surface area contributed by atoms with E-state index in [2.05, 4.69) is 23.8 Å². The second-order valence-electron chi connectivity index (χ2n) is 9.50. The smallest absolute Gasteiger partial charge is 0.308 e. The molecule has 2 aromatic rings. The molecule has 2 aliphatic rings. The standard InChI is InChI=1S/C18H21N3O4.C9H19NO/c1-20-10-13(12-3-4-15-16(9-12)25-11-24-15)17(18(22)23)14(20)5-8-21-7-2-6-19-21;1-3-5-7-10(9-11)8-6-4-2/h2-4,6-7,9,13-14,17H,5,8,10-11H2,1H3,(H,22,23);9H,3-8H2,1-2H3. The lowest BCUT2D eigenvalue weighted by Gasteiger charge is -2.23. The Hall–Kier alpha value is -3.07. The number of likely N-dealkylation sites (N-methyl/N-ethyl adjacent to an activating group) is 1. The molecule has 2 aliphatic heterocycles. The van der Waals surface area contributed by atoms with E-state index in [0.717, 1.165) is 62.9 Å². The molecule has 4 rings (SSSR count). The van der Waals surface area contributed by atoms with E-state index in [1.54, 1.807) is 6.20 Å². The predicted molar refractivity (Wildman–Crippen MR) is 137 cm³/mol. The number of ether oxygens (including phenoxy) is 2. The zero-order valence-corrected chi connectivity index (χ0v) is 21.7. The molecule has 0 bridgehead atoms. The van der Waals surface area contributed by atoms with Gasteiger partial charge in [0.15, 0.2) is 11.5 Å². The molecule has 9 heteroatoms. The first kappa shape index (κ1) is 27.5. The van der Waals surface area contributed by atoms with Crippen LogP contribution in [-0.2, 0) is 16.1 Å². The summed E-state index contributed by atoms with van der Waals surface area (Å²) in [5.74, 6) is 0.138. The Balaban J connectivity index is 0.000000280. The fourth-order valence-corrected chi connectivity index (χ4v) is 4.93. The molecule has 9 nitrogen and oxygen atoms in total. The number of aryl methyl sites for hydroxylation is 1. The molecule has 0 radical (unpaired) electrons. The summed E-state index contributed by atoms with van der Waals surface area (Å²) in [6.45, 7) is 7.78. The Morgan fingerprint density at radius 3 is 2.53 bits per heavy atom. The van der Waals surface area contributed by atoms with Crippen molar-refractivity contribution in [1.29, 1.82) is 0 Å². The number of likely N-dealkylation sites (tertiary alicyclic amines) is 1. The molecule has 1 aromatic heterocycles. The molecular weight excluding hydrogens is 460 g/mol. The topological polar surface area (TPSA) is 97.1 Å². The number of unbranched alkanes of at least 4 members (excludes halogenated alkanes) is 2. The van der Waals surface area contributed by atoms with E-state index >= 15 is 0 Å². The van der Waals surface area contributed by atoms with Crippen LogP contribution in [0, 0.1) is 5.92 Å². The zero-order chi connectivity index (χ0) is 25.9. The van der Waals surface area contributed by atoms with Crippen molar-refractivity contribution in [1.82, 2.24) is 19.6 Å². The number of hydrogen-bond donors (Lipinski definition) is 1. The summed E-state index contributed by atoms with van der Waals surface area (Å²) in [5.41, 5.74) is 0.991. The summed E-state index contributed by atoms with van der Waals surface area (Å²) in [7, 11) is 2.00. The summed E-state index contributed by atoms with van der Waals surface area (Å²) in [5, 5.41) is 14.1. The molecule has 1 amide bonds. The van der Waals surface area contributed by atoms with Crippen LogP contribution in [0.3, 0.4) is 0 Å². The number of aliphatic carboxylic acids is 1. The van der Waals surface area contributed by atoms with Crippen molar-refractivity contribution in [2.75, 3.05) is 33.5 Å². The van der Waals surface area contributed by atoms with E-state index in [1.807, 2.05) is 47.1 Å². The molecule has 1 saturated heterocycles. The van der Waals surface area contributed by atoms with Gasteiger partial charge in [0.1, 0.15) is 0 Å². The van der Waals surface area contributed by atoms with Crippen LogP contribution in [-0.4, -0.2) is 76.6 Å². The van der Waals surface area contributed by atoms with Gasteiger partial charge in [0.05, 0.1) is 5.92 Å². The summed E-state index contributed by atoms with van der Waals surface area (Å²) >= 11 is 0. The molecule has 0 spiro atoms. The maximum absolute atomic E-state index is 12.0. The summed E-state index contributed by atoms with van der Waals surface area (Å²) < 4.78 is 12.7. The van der Waals surface area contributed by atoms with E-state index in [1.165, 1.54) is 0 Å². The molecule has 1 fully saturated rings. The van der Waals surface area contributed by atoms with Crippen LogP contribution in [0.1, 0.15) is 57.4 Å². The minimum absolute atomic E-state index is 0.0304. The van der Waals surface area contributed by atoms with Gasteiger partial charge in [-0.05, 0) is 50.1 Å². The molecule has 3 heterocycles. The fourth-order valence-electron chi connectivity index (χ4n) is 4.93.